The van der Waals surface area contributed by atoms with Gasteiger partial charge in [0.15, 0.2) is 0 Å². The van der Waals surface area contributed by atoms with Gasteiger partial charge in [0.05, 0.1) is 21.9 Å². The Kier molecular flexibility index (Phi) is 6.61. The van der Waals surface area contributed by atoms with Gasteiger partial charge in [-0.2, -0.15) is 0 Å². The van der Waals surface area contributed by atoms with Gasteiger partial charge in [-0.05, 0) is 108 Å². The van der Waals surface area contributed by atoms with Crippen LogP contribution in [-0.4, -0.2) is 9.55 Å². The average Bonchev–Trinajstić information content (AvgIpc) is 3.95. The summed E-state index contributed by atoms with van der Waals surface area (Å²) in [4.78, 5) is 5.16. The molecule has 3 aliphatic rings. The first kappa shape index (κ1) is 32.5. The van der Waals surface area contributed by atoms with Crippen molar-refractivity contribution in [1.29, 1.82) is 0 Å². The van der Waals surface area contributed by atoms with E-state index in [4.69, 9.17) is 4.98 Å². The Hall–Kier alpha value is -7.55. The highest BCUT2D eigenvalue weighted by Gasteiger charge is 2.59. The van der Waals surface area contributed by atoms with Gasteiger partial charge in [-0.1, -0.05) is 188 Å². The lowest BCUT2D eigenvalue weighted by Crippen LogP contribution is -2.43. The van der Waals surface area contributed by atoms with Crippen molar-refractivity contribution in [2.24, 2.45) is 0 Å². The van der Waals surface area contributed by atoms with Crippen LogP contribution in [0.15, 0.2) is 218 Å². The third-order valence-electron chi connectivity index (χ3n) is 13.5. The third-order valence-corrected chi connectivity index (χ3v) is 13.5. The van der Waals surface area contributed by atoms with Crippen LogP contribution >= 0.6 is 0 Å². The van der Waals surface area contributed by atoms with Gasteiger partial charge >= 0.3 is 0 Å². The zero-order valence-corrected chi connectivity index (χ0v) is 32.2. The van der Waals surface area contributed by atoms with E-state index in [2.05, 4.69) is 223 Å². The van der Waals surface area contributed by atoms with Crippen LogP contribution in [0.4, 0.5) is 0 Å². The number of hydrogen-bond acceptors (Lipinski definition) is 1. The van der Waals surface area contributed by atoms with Crippen LogP contribution in [-0.2, 0) is 10.8 Å². The first-order valence-electron chi connectivity index (χ1n) is 20.6. The molecule has 2 unspecified atom stereocenters. The summed E-state index contributed by atoms with van der Waals surface area (Å²) >= 11 is 0. The van der Waals surface area contributed by atoms with Gasteiger partial charge in [0.1, 0.15) is 5.82 Å². The fourth-order valence-electron chi connectivity index (χ4n) is 11.3. The number of imidazole rings is 1. The number of rotatable bonds is 4. The third kappa shape index (κ3) is 4.12. The zero-order chi connectivity index (χ0) is 38.7. The molecule has 0 radical (unpaired) electrons. The molecule has 2 nitrogen and oxygen atoms in total. The van der Waals surface area contributed by atoms with E-state index in [0.717, 1.165) is 28.1 Å². The SMILES string of the molecule is c1ccc(-n2c(-c3ccc(-c4ccc5c(c4)C4(c6ccccc6-5)c5ccccc5C5(c6ccccc6)c6ccccc6-c6cccc4c65)cc3)nc3ccccc32)cc1. The smallest absolute Gasteiger partial charge is 0.145 e. The molecular weight excluding hydrogens is 713 g/mol. The van der Waals surface area contributed by atoms with Gasteiger partial charge in [0, 0.05) is 11.3 Å². The monoisotopic (exact) mass is 748 g/mol. The molecule has 0 N–H and O–H groups in total. The second kappa shape index (κ2) is 12.0. The molecule has 0 aliphatic heterocycles. The fraction of sp³-hybridized carbons (Fsp3) is 0.0351. The maximum absolute atomic E-state index is 5.16. The average molecular weight is 749 g/mol. The Morgan fingerprint density at radius 3 is 1.63 bits per heavy atom. The van der Waals surface area contributed by atoms with E-state index in [1.165, 1.54) is 77.9 Å². The molecule has 1 aromatic heterocycles. The minimum Gasteiger partial charge on any atom is -0.292 e. The number of nitrogens with zero attached hydrogens (tertiary/aromatic N) is 2. The van der Waals surface area contributed by atoms with Crippen molar-refractivity contribution in [2.45, 2.75) is 10.8 Å². The first-order valence-corrected chi connectivity index (χ1v) is 20.6. The van der Waals surface area contributed by atoms with Crippen LogP contribution in [0.3, 0.4) is 0 Å². The molecule has 0 bridgehead atoms. The van der Waals surface area contributed by atoms with Crippen molar-refractivity contribution < 1.29 is 0 Å². The minimum atomic E-state index is -0.523. The summed E-state index contributed by atoms with van der Waals surface area (Å²) in [6, 6.07) is 81.0. The lowest BCUT2D eigenvalue weighted by Gasteiger charge is -2.48. The van der Waals surface area contributed by atoms with E-state index >= 15 is 0 Å². The molecule has 13 rings (SSSR count). The highest BCUT2D eigenvalue weighted by Crippen LogP contribution is 2.68. The molecular formula is C57H36N2. The van der Waals surface area contributed by atoms with E-state index in [-0.39, 0.29) is 0 Å². The highest BCUT2D eigenvalue weighted by molar-refractivity contribution is 5.96. The van der Waals surface area contributed by atoms with Crippen LogP contribution in [0.5, 0.6) is 0 Å². The van der Waals surface area contributed by atoms with Crippen LogP contribution < -0.4 is 0 Å². The van der Waals surface area contributed by atoms with Crippen molar-refractivity contribution in [3.63, 3.8) is 0 Å². The van der Waals surface area contributed by atoms with Crippen LogP contribution in [0, 0.1) is 0 Å². The summed E-state index contributed by atoms with van der Waals surface area (Å²) in [7, 11) is 0. The van der Waals surface area contributed by atoms with Gasteiger partial charge < -0.3 is 0 Å². The van der Waals surface area contributed by atoms with E-state index in [9.17, 15) is 0 Å². The summed E-state index contributed by atoms with van der Waals surface area (Å²) in [6.07, 6.45) is 0. The molecule has 1 heterocycles. The number of fused-ring (bicyclic) bond motifs is 13. The lowest BCUT2D eigenvalue weighted by molar-refractivity contribution is 0.636. The Morgan fingerprint density at radius 1 is 0.339 bits per heavy atom. The normalized spacial score (nSPS) is 17.6. The molecule has 274 valence electrons. The van der Waals surface area contributed by atoms with Crippen molar-refractivity contribution in [2.75, 3.05) is 0 Å². The second-order valence-corrected chi connectivity index (χ2v) is 16.2. The maximum atomic E-state index is 5.16. The van der Waals surface area contributed by atoms with Crippen LogP contribution in [0.2, 0.25) is 0 Å². The van der Waals surface area contributed by atoms with Crippen molar-refractivity contribution in [1.82, 2.24) is 9.55 Å². The largest absolute Gasteiger partial charge is 0.292 e. The summed E-state index contributed by atoms with van der Waals surface area (Å²) < 4.78 is 2.27. The highest BCUT2D eigenvalue weighted by atomic mass is 15.1. The quantitative estimate of drug-likeness (QED) is 0.175. The molecule has 10 aromatic rings. The summed E-state index contributed by atoms with van der Waals surface area (Å²) in [5, 5.41) is 0. The first-order chi connectivity index (χ1) is 29.3. The van der Waals surface area contributed by atoms with Gasteiger partial charge in [0.25, 0.3) is 0 Å². The van der Waals surface area contributed by atoms with Crippen LogP contribution in [0.25, 0.3) is 61.5 Å². The molecule has 2 heteroatoms. The molecule has 1 spiro atoms. The molecule has 3 aliphatic carbocycles. The standard InChI is InChI=1S/C57H36N2/c1-3-16-40(17-4-1)56-46-23-9-8-21-43(46)45-22-15-27-50(54(45)56)57(49-26-12-11-25-48(49)56)47-24-10-7-20-42(47)44-35-34-39(36-51(44)57)37-30-32-38(33-31-37)55-58-52-28-13-14-29-53(52)59(55)41-18-5-2-6-19-41/h1-36H. The Labute approximate surface area is 343 Å². The number of para-hydroxylation sites is 3. The molecule has 59 heavy (non-hydrogen) atoms. The number of hydrogen-bond donors (Lipinski definition) is 0. The van der Waals surface area contributed by atoms with Gasteiger partial charge in [0.2, 0.25) is 0 Å². The van der Waals surface area contributed by atoms with E-state index in [1.54, 1.807) is 0 Å². The second-order valence-electron chi connectivity index (χ2n) is 16.2. The molecule has 0 saturated carbocycles. The number of aromatic nitrogens is 2. The van der Waals surface area contributed by atoms with Crippen molar-refractivity contribution in [3.8, 4) is 50.5 Å². The predicted octanol–water partition coefficient (Wildman–Crippen LogP) is 13.4. The van der Waals surface area contributed by atoms with Crippen LogP contribution in [0.1, 0.15) is 44.5 Å². The Balaban J connectivity index is 1.04. The van der Waals surface area contributed by atoms with Crippen molar-refractivity contribution >= 4 is 11.0 Å². The van der Waals surface area contributed by atoms with Crippen molar-refractivity contribution in [3.05, 3.63) is 263 Å². The van der Waals surface area contributed by atoms with Gasteiger partial charge in [-0.15, -0.1) is 0 Å². The van der Waals surface area contributed by atoms with E-state index < -0.39 is 10.8 Å². The predicted molar refractivity (Wildman–Crippen MR) is 240 cm³/mol. The van der Waals surface area contributed by atoms with Gasteiger partial charge in [-0.25, -0.2) is 4.98 Å². The summed E-state index contributed by atoms with van der Waals surface area (Å²) in [5.74, 6) is 0.937. The number of benzene rings is 9. The fourth-order valence-corrected chi connectivity index (χ4v) is 11.3. The molecule has 0 saturated heterocycles. The van der Waals surface area contributed by atoms with E-state index in [1.807, 2.05) is 0 Å². The van der Waals surface area contributed by atoms with E-state index in [0.29, 0.717) is 0 Å². The summed E-state index contributed by atoms with van der Waals surface area (Å²) in [6.45, 7) is 0. The zero-order valence-electron chi connectivity index (χ0n) is 32.2. The Morgan fingerprint density at radius 2 is 0.864 bits per heavy atom. The maximum Gasteiger partial charge on any atom is 0.145 e. The molecule has 2 atom stereocenters. The van der Waals surface area contributed by atoms with Gasteiger partial charge in [-0.3, -0.25) is 4.57 Å². The summed E-state index contributed by atoms with van der Waals surface area (Å²) in [5.41, 5.74) is 21.8. The minimum absolute atomic E-state index is 0.451. The topological polar surface area (TPSA) is 17.8 Å². The molecule has 0 fully saturated rings. The molecule has 9 aromatic carbocycles. The molecule has 0 amide bonds. The lowest BCUT2D eigenvalue weighted by atomic mass is 9.52. The Bertz CT molecular complexity index is 3320.